The van der Waals surface area contributed by atoms with Crippen molar-refractivity contribution in [3.05, 3.63) is 16.9 Å². The van der Waals surface area contributed by atoms with E-state index in [0.717, 1.165) is 15.7 Å². The minimum atomic E-state index is 0.549. The van der Waals surface area contributed by atoms with Crippen LogP contribution >= 0.6 is 22.9 Å². The van der Waals surface area contributed by atoms with Gasteiger partial charge in [-0.3, -0.25) is 0 Å². The molecule has 2 heterocycles. The van der Waals surface area contributed by atoms with Crippen LogP contribution in [-0.2, 0) is 0 Å². The van der Waals surface area contributed by atoms with Crippen LogP contribution in [-0.4, -0.2) is 17.8 Å². The molecule has 0 radical (unpaired) electrons. The lowest BCUT2D eigenvalue weighted by molar-refractivity contribution is 1.23. The lowest BCUT2D eigenvalue weighted by atomic mass is 9.99. The number of aromatic nitrogens is 2. The lowest BCUT2D eigenvalue weighted by Gasteiger charge is -1.90. The zero-order valence-electron chi connectivity index (χ0n) is 5.84. The zero-order chi connectivity index (χ0) is 7.84. The molecule has 0 atom stereocenters. The minimum absolute atomic E-state index is 0.549. The van der Waals surface area contributed by atoms with E-state index in [0.29, 0.717) is 5.15 Å². The number of hydrogen-bond acceptors (Lipinski definition) is 3. The van der Waals surface area contributed by atoms with Gasteiger partial charge in [-0.1, -0.05) is 17.1 Å². The first-order valence-corrected chi connectivity index (χ1v) is 4.39. The molecule has 2 rings (SSSR count). The second-order valence-corrected chi connectivity index (χ2v) is 3.50. The highest BCUT2D eigenvalue weighted by Crippen LogP contribution is 2.22. The second kappa shape index (κ2) is 2.46. The zero-order valence-corrected chi connectivity index (χ0v) is 7.41. The average molecular weight is 182 g/mol. The van der Waals surface area contributed by atoms with E-state index in [1.54, 1.807) is 11.3 Å². The van der Waals surface area contributed by atoms with E-state index in [-0.39, 0.29) is 0 Å². The van der Waals surface area contributed by atoms with E-state index in [2.05, 4.69) is 9.97 Å². The molecule has 2 aromatic heterocycles. The number of hydrogen-bond donors (Lipinski definition) is 0. The largest absolute Gasteiger partial charge is 0.236 e. The van der Waals surface area contributed by atoms with Crippen LogP contribution in [0.15, 0.2) is 11.7 Å². The number of nitrogens with zero attached hydrogens (tertiary/aromatic N) is 2. The number of fused-ring (bicyclic) bond motifs is 1. The summed E-state index contributed by atoms with van der Waals surface area (Å²) in [7, 11) is 2.02. The van der Waals surface area contributed by atoms with Gasteiger partial charge in [0, 0.05) is 0 Å². The molecule has 54 valence electrons. The maximum atomic E-state index is 5.83. The molecule has 11 heavy (non-hydrogen) atoms. The van der Waals surface area contributed by atoms with Crippen molar-refractivity contribution in [2.24, 2.45) is 0 Å². The van der Waals surface area contributed by atoms with Crippen LogP contribution in [0.25, 0.3) is 10.2 Å². The highest BCUT2D eigenvalue weighted by Gasteiger charge is 2.04. The Labute approximate surface area is 73.6 Å². The van der Waals surface area contributed by atoms with Crippen LogP contribution in [0, 0.1) is 0 Å². The summed E-state index contributed by atoms with van der Waals surface area (Å²) in [5, 5.41) is 2.58. The van der Waals surface area contributed by atoms with Crippen LogP contribution in [0.1, 0.15) is 0 Å². The topological polar surface area (TPSA) is 25.8 Å². The van der Waals surface area contributed by atoms with Gasteiger partial charge in [0.1, 0.15) is 19.3 Å². The van der Waals surface area contributed by atoms with Crippen molar-refractivity contribution in [3.63, 3.8) is 0 Å². The lowest BCUT2D eigenvalue weighted by Crippen LogP contribution is -1.99. The second-order valence-electron chi connectivity index (χ2n) is 2.26. The Bertz CT molecular complexity index is 400. The van der Waals surface area contributed by atoms with Gasteiger partial charge in [0.05, 0.1) is 10.2 Å². The Morgan fingerprint density at radius 3 is 3.00 bits per heavy atom. The molecule has 2 aromatic rings. The third-order valence-electron chi connectivity index (χ3n) is 1.49. The van der Waals surface area contributed by atoms with Gasteiger partial charge in [0.25, 0.3) is 0 Å². The molecule has 2 nitrogen and oxygen atoms in total. The Hall–Kier alpha value is -0.605. The Kier molecular flexibility index (Phi) is 1.58. The van der Waals surface area contributed by atoms with Crippen molar-refractivity contribution in [1.29, 1.82) is 0 Å². The molecule has 0 unspecified atom stereocenters. The Balaban J connectivity index is 2.94. The van der Waals surface area contributed by atoms with Gasteiger partial charge >= 0.3 is 0 Å². The van der Waals surface area contributed by atoms with Crippen LogP contribution in [0.5, 0.6) is 0 Å². The number of thiophene rings is 1. The molecule has 5 heteroatoms. The molecule has 0 aliphatic heterocycles. The molecule has 0 spiro atoms. The molecule has 0 aromatic carbocycles. The first-order valence-electron chi connectivity index (χ1n) is 3.13. The van der Waals surface area contributed by atoms with Crippen LogP contribution in [0.3, 0.4) is 0 Å². The monoisotopic (exact) mass is 182 g/mol. The maximum absolute atomic E-state index is 5.83. The molecule has 0 aliphatic rings. The third-order valence-corrected chi connectivity index (χ3v) is 2.98. The number of rotatable bonds is 0. The number of halogens is 1. The van der Waals surface area contributed by atoms with Gasteiger partial charge in [-0.15, -0.1) is 11.3 Å². The molecule has 0 N–H and O–H groups in total. The van der Waals surface area contributed by atoms with Crippen molar-refractivity contribution in [3.8, 4) is 0 Å². The van der Waals surface area contributed by atoms with Crippen molar-refractivity contribution in [2.45, 2.75) is 0 Å². The molecule has 0 aliphatic carbocycles. The molecule has 0 saturated heterocycles. The maximum Gasteiger partial charge on any atom is 0.150 e. The van der Waals surface area contributed by atoms with Gasteiger partial charge in [0.2, 0.25) is 0 Å². The quantitative estimate of drug-likeness (QED) is 0.441. The van der Waals surface area contributed by atoms with E-state index in [9.17, 15) is 0 Å². The van der Waals surface area contributed by atoms with Crippen molar-refractivity contribution in [1.82, 2.24) is 9.97 Å². The van der Waals surface area contributed by atoms with Gasteiger partial charge in [-0.2, -0.15) is 0 Å². The predicted molar refractivity (Wildman–Crippen MR) is 50.6 cm³/mol. The summed E-state index contributed by atoms with van der Waals surface area (Å²) < 4.78 is 0.978. The van der Waals surface area contributed by atoms with Crippen LogP contribution in [0.4, 0.5) is 0 Å². The molecule has 0 bridgehead atoms. The third kappa shape index (κ3) is 1.02. The van der Waals surface area contributed by atoms with Gasteiger partial charge in [-0.25, -0.2) is 9.97 Å². The van der Waals surface area contributed by atoms with E-state index < -0.39 is 0 Å². The van der Waals surface area contributed by atoms with Crippen molar-refractivity contribution in [2.75, 3.05) is 0 Å². The van der Waals surface area contributed by atoms with Gasteiger partial charge in [-0.05, 0) is 5.38 Å². The van der Waals surface area contributed by atoms with E-state index in [1.807, 2.05) is 13.2 Å². The van der Waals surface area contributed by atoms with Crippen molar-refractivity contribution < 1.29 is 0 Å². The van der Waals surface area contributed by atoms with E-state index >= 15 is 0 Å². The van der Waals surface area contributed by atoms with E-state index in [1.165, 1.54) is 6.33 Å². The summed E-state index contributed by atoms with van der Waals surface area (Å²) in [4.78, 5) is 8.00. The molecule has 0 fully saturated rings. The highest BCUT2D eigenvalue weighted by molar-refractivity contribution is 7.18. The fourth-order valence-corrected chi connectivity index (χ4v) is 2.09. The minimum Gasteiger partial charge on any atom is -0.236 e. The van der Waals surface area contributed by atoms with Crippen LogP contribution in [0.2, 0.25) is 5.15 Å². The molecule has 0 saturated carbocycles. The fourth-order valence-electron chi connectivity index (χ4n) is 0.941. The Morgan fingerprint density at radius 2 is 2.27 bits per heavy atom. The molecular weight excluding hydrogens is 178 g/mol. The normalized spacial score (nSPS) is 10.6. The van der Waals surface area contributed by atoms with Crippen LogP contribution < -0.4 is 5.46 Å². The van der Waals surface area contributed by atoms with Crippen molar-refractivity contribution >= 4 is 46.5 Å². The van der Waals surface area contributed by atoms with E-state index in [4.69, 9.17) is 11.6 Å². The summed E-state index contributed by atoms with van der Waals surface area (Å²) in [6.45, 7) is 0. The molecular formula is C6H4BClN2S. The summed E-state index contributed by atoms with van der Waals surface area (Å²) in [5.74, 6) is 0. The Morgan fingerprint density at radius 1 is 1.45 bits per heavy atom. The average Bonchev–Trinajstić information content (AvgIpc) is 2.35. The smallest absolute Gasteiger partial charge is 0.150 e. The highest BCUT2D eigenvalue weighted by atomic mass is 35.5. The first kappa shape index (κ1) is 7.07. The summed E-state index contributed by atoms with van der Waals surface area (Å²) in [5.41, 5.74) is 2.13. The standard InChI is InChI=1S/C6H4BClN2S/c7-3-1-11-5-4(3)9-2-10-6(5)8/h1-2H,7H2. The summed E-state index contributed by atoms with van der Waals surface area (Å²) in [6.07, 6.45) is 1.49. The van der Waals surface area contributed by atoms with Gasteiger partial charge < -0.3 is 0 Å². The fraction of sp³-hybridized carbons (Fsp3) is 0. The summed E-state index contributed by atoms with van der Waals surface area (Å²) >= 11 is 7.41. The summed E-state index contributed by atoms with van der Waals surface area (Å²) in [6, 6.07) is 0. The SMILES string of the molecule is Bc1csc2c(Cl)ncnc12. The predicted octanol–water partition coefficient (Wildman–Crippen LogP) is 0.603. The van der Waals surface area contributed by atoms with Gasteiger partial charge in [0.15, 0.2) is 0 Å². The first-order chi connectivity index (χ1) is 5.29. The molecule has 0 amide bonds.